The van der Waals surface area contributed by atoms with E-state index in [-0.39, 0.29) is 11.8 Å². The van der Waals surface area contributed by atoms with E-state index in [0.717, 1.165) is 50.0 Å². The average molecular weight is 246 g/mol. The molecule has 1 saturated carbocycles. The summed E-state index contributed by atoms with van der Waals surface area (Å²) < 4.78 is 5.80. The van der Waals surface area contributed by atoms with Crippen molar-refractivity contribution in [1.29, 1.82) is 0 Å². The summed E-state index contributed by atoms with van der Waals surface area (Å²) >= 11 is 0. The quantitative estimate of drug-likeness (QED) is 0.872. The molecule has 1 aromatic carbocycles. The maximum Gasteiger partial charge on any atom is 0.307 e. The molecule has 1 heterocycles. The molecule has 3 heteroatoms. The third-order valence-electron chi connectivity index (χ3n) is 4.20. The van der Waals surface area contributed by atoms with Crippen molar-refractivity contribution in [3.8, 4) is 5.75 Å². The van der Waals surface area contributed by atoms with Gasteiger partial charge in [0.05, 0.1) is 12.5 Å². The third-order valence-corrected chi connectivity index (χ3v) is 4.20. The lowest BCUT2D eigenvalue weighted by atomic mass is 9.86. The summed E-state index contributed by atoms with van der Waals surface area (Å²) in [6, 6.07) is 6.19. The van der Waals surface area contributed by atoms with Gasteiger partial charge in [-0.1, -0.05) is 24.6 Å². The molecular weight excluding hydrogens is 228 g/mol. The van der Waals surface area contributed by atoms with Gasteiger partial charge in [-0.25, -0.2) is 0 Å². The van der Waals surface area contributed by atoms with Gasteiger partial charge < -0.3 is 9.84 Å². The molecule has 96 valence electrons. The van der Waals surface area contributed by atoms with Crippen LogP contribution in [-0.4, -0.2) is 17.7 Å². The van der Waals surface area contributed by atoms with Crippen LogP contribution in [-0.2, 0) is 11.2 Å². The first-order valence-corrected chi connectivity index (χ1v) is 6.75. The number of rotatable bonds is 2. The minimum absolute atomic E-state index is 0.135. The van der Waals surface area contributed by atoms with Crippen molar-refractivity contribution in [1.82, 2.24) is 0 Å². The number of para-hydroxylation sites is 1. The van der Waals surface area contributed by atoms with Crippen molar-refractivity contribution in [3.05, 3.63) is 29.3 Å². The zero-order valence-electron chi connectivity index (χ0n) is 10.4. The highest BCUT2D eigenvalue weighted by atomic mass is 16.5. The van der Waals surface area contributed by atoms with Gasteiger partial charge in [-0.3, -0.25) is 4.79 Å². The van der Waals surface area contributed by atoms with Gasteiger partial charge in [0, 0.05) is 5.92 Å². The van der Waals surface area contributed by atoms with Gasteiger partial charge >= 0.3 is 5.97 Å². The van der Waals surface area contributed by atoms with Crippen LogP contribution >= 0.6 is 0 Å². The highest BCUT2D eigenvalue weighted by molar-refractivity contribution is 5.72. The molecule has 1 aliphatic heterocycles. The fourth-order valence-corrected chi connectivity index (χ4v) is 3.33. The Morgan fingerprint density at radius 2 is 2.17 bits per heavy atom. The van der Waals surface area contributed by atoms with E-state index < -0.39 is 5.97 Å². The first-order chi connectivity index (χ1) is 8.77. The Balaban J connectivity index is 1.99. The Labute approximate surface area is 107 Å². The van der Waals surface area contributed by atoms with Gasteiger partial charge in [0.2, 0.25) is 0 Å². The van der Waals surface area contributed by atoms with Gasteiger partial charge in [0.25, 0.3) is 0 Å². The summed E-state index contributed by atoms with van der Waals surface area (Å²) in [5.41, 5.74) is 2.37. The topological polar surface area (TPSA) is 46.5 Å². The lowest BCUT2D eigenvalue weighted by Crippen LogP contribution is -2.19. The smallest absolute Gasteiger partial charge is 0.307 e. The molecule has 0 amide bonds. The molecule has 2 atom stereocenters. The Kier molecular flexibility index (Phi) is 2.98. The normalized spacial score (nSPS) is 26.4. The molecule has 1 fully saturated rings. The summed E-state index contributed by atoms with van der Waals surface area (Å²) in [7, 11) is 0. The Morgan fingerprint density at radius 1 is 1.28 bits per heavy atom. The number of aliphatic carboxylic acids is 1. The highest BCUT2D eigenvalue weighted by Gasteiger charge is 2.36. The minimum atomic E-state index is -0.661. The zero-order valence-corrected chi connectivity index (χ0v) is 10.4. The number of aryl methyl sites for hydroxylation is 1. The lowest BCUT2D eigenvalue weighted by molar-refractivity contribution is -0.142. The molecule has 1 aliphatic carbocycles. The summed E-state index contributed by atoms with van der Waals surface area (Å²) in [6.07, 6.45) is 4.88. The lowest BCUT2D eigenvalue weighted by Gasteiger charge is -2.25. The second-order valence-electron chi connectivity index (χ2n) is 5.27. The first kappa shape index (κ1) is 11.6. The molecule has 0 radical (unpaired) electrons. The number of carboxylic acid groups (broad SMARTS) is 1. The molecule has 2 unspecified atom stereocenters. The van der Waals surface area contributed by atoms with Crippen molar-refractivity contribution in [2.24, 2.45) is 5.92 Å². The maximum absolute atomic E-state index is 11.3. The second kappa shape index (κ2) is 4.63. The van der Waals surface area contributed by atoms with Crippen LogP contribution in [0.1, 0.15) is 42.7 Å². The molecule has 1 aromatic rings. The summed E-state index contributed by atoms with van der Waals surface area (Å²) in [6.45, 7) is 0.758. The Bertz CT molecular complexity index is 467. The van der Waals surface area contributed by atoms with E-state index in [4.69, 9.17) is 4.74 Å². The number of hydrogen-bond acceptors (Lipinski definition) is 2. The van der Waals surface area contributed by atoms with E-state index in [9.17, 15) is 9.90 Å². The number of benzene rings is 1. The van der Waals surface area contributed by atoms with Crippen LogP contribution in [0.5, 0.6) is 5.75 Å². The van der Waals surface area contributed by atoms with Crippen molar-refractivity contribution in [2.45, 2.75) is 38.0 Å². The number of carbonyl (C=O) groups is 1. The maximum atomic E-state index is 11.3. The molecule has 18 heavy (non-hydrogen) atoms. The van der Waals surface area contributed by atoms with E-state index in [0.29, 0.717) is 0 Å². The largest absolute Gasteiger partial charge is 0.493 e. The number of hydrogen-bond donors (Lipinski definition) is 1. The molecule has 0 bridgehead atoms. The SMILES string of the molecule is O=C(O)C1CCCC1c1cccc2c1OCCC2. The van der Waals surface area contributed by atoms with Gasteiger partial charge in [-0.05, 0) is 36.8 Å². The molecular formula is C15H18O3. The van der Waals surface area contributed by atoms with E-state index >= 15 is 0 Å². The summed E-state index contributed by atoms with van der Waals surface area (Å²) in [4.78, 5) is 11.3. The average Bonchev–Trinajstić information content (AvgIpc) is 2.87. The zero-order chi connectivity index (χ0) is 12.5. The van der Waals surface area contributed by atoms with Crippen LogP contribution in [0, 0.1) is 5.92 Å². The van der Waals surface area contributed by atoms with Crippen molar-refractivity contribution >= 4 is 5.97 Å². The third kappa shape index (κ3) is 1.88. The predicted molar refractivity (Wildman–Crippen MR) is 68.0 cm³/mol. The van der Waals surface area contributed by atoms with Gasteiger partial charge in [-0.15, -0.1) is 0 Å². The highest BCUT2D eigenvalue weighted by Crippen LogP contribution is 2.45. The van der Waals surface area contributed by atoms with Gasteiger partial charge in [0.15, 0.2) is 0 Å². The van der Waals surface area contributed by atoms with E-state index in [1.165, 1.54) is 5.56 Å². The van der Waals surface area contributed by atoms with Crippen molar-refractivity contribution in [2.75, 3.05) is 6.61 Å². The molecule has 3 nitrogen and oxygen atoms in total. The monoisotopic (exact) mass is 246 g/mol. The Hall–Kier alpha value is -1.51. The van der Waals surface area contributed by atoms with Crippen molar-refractivity contribution < 1.29 is 14.6 Å². The Morgan fingerprint density at radius 3 is 3.00 bits per heavy atom. The van der Waals surface area contributed by atoms with Crippen LogP contribution in [0.3, 0.4) is 0 Å². The number of ether oxygens (including phenoxy) is 1. The van der Waals surface area contributed by atoms with Crippen LogP contribution in [0.15, 0.2) is 18.2 Å². The first-order valence-electron chi connectivity index (χ1n) is 6.75. The molecule has 0 saturated heterocycles. The van der Waals surface area contributed by atoms with E-state index in [1.807, 2.05) is 6.07 Å². The van der Waals surface area contributed by atoms with Gasteiger partial charge in [0.1, 0.15) is 5.75 Å². The number of fused-ring (bicyclic) bond motifs is 1. The van der Waals surface area contributed by atoms with Crippen LogP contribution in [0.4, 0.5) is 0 Å². The van der Waals surface area contributed by atoms with E-state index in [2.05, 4.69) is 12.1 Å². The molecule has 1 N–H and O–H groups in total. The minimum Gasteiger partial charge on any atom is -0.493 e. The summed E-state index contributed by atoms with van der Waals surface area (Å²) in [5, 5.41) is 9.31. The van der Waals surface area contributed by atoms with Crippen LogP contribution in [0.2, 0.25) is 0 Å². The van der Waals surface area contributed by atoms with Crippen LogP contribution < -0.4 is 4.74 Å². The van der Waals surface area contributed by atoms with Gasteiger partial charge in [-0.2, -0.15) is 0 Å². The predicted octanol–water partition coefficient (Wildman–Crippen LogP) is 2.98. The molecule has 2 aliphatic rings. The van der Waals surface area contributed by atoms with Crippen LogP contribution in [0.25, 0.3) is 0 Å². The summed E-state index contributed by atoms with van der Waals surface area (Å²) in [5.74, 6) is 0.213. The van der Waals surface area contributed by atoms with E-state index in [1.54, 1.807) is 0 Å². The number of carboxylic acids is 1. The standard InChI is InChI=1S/C15H18O3/c16-15(17)13-8-2-6-11(13)12-7-1-4-10-5-3-9-18-14(10)12/h1,4,7,11,13H,2-3,5-6,8-9H2,(H,16,17). The molecule has 0 spiro atoms. The second-order valence-corrected chi connectivity index (χ2v) is 5.27. The molecule has 0 aromatic heterocycles. The molecule has 3 rings (SSSR count). The fourth-order valence-electron chi connectivity index (χ4n) is 3.33. The van der Waals surface area contributed by atoms with Crippen molar-refractivity contribution in [3.63, 3.8) is 0 Å². The fraction of sp³-hybridized carbons (Fsp3) is 0.533.